The van der Waals surface area contributed by atoms with Crippen molar-refractivity contribution in [1.82, 2.24) is 5.32 Å². The lowest BCUT2D eigenvalue weighted by Crippen LogP contribution is -2.48. The van der Waals surface area contributed by atoms with Crippen LogP contribution in [0.25, 0.3) is 0 Å². The smallest absolute Gasteiger partial charge is 0.337 e. The predicted octanol–water partition coefficient (Wildman–Crippen LogP) is 4.34. The molecule has 2 aromatic carbocycles. The number of halogens is 1. The topological polar surface area (TPSA) is 50.8 Å². The first kappa shape index (κ1) is 19.4. The summed E-state index contributed by atoms with van der Waals surface area (Å²) in [4.78, 5) is 14.4. The number of ether oxygens (including phenoxy) is 2. The Bertz CT molecular complexity index is 894. The summed E-state index contributed by atoms with van der Waals surface area (Å²) in [5.41, 5.74) is 3.00. The maximum atomic E-state index is 12.6. The number of esters is 1. The molecule has 0 bridgehead atoms. The monoisotopic (exact) mass is 446 g/mol. The third-order valence-electron chi connectivity index (χ3n) is 4.42. The van der Waals surface area contributed by atoms with Crippen molar-refractivity contribution in [3.63, 3.8) is 0 Å². The van der Waals surface area contributed by atoms with Gasteiger partial charge in [-0.05, 0) is 61.1 Å². The van der Waals surface area contributed by atoms with Gasteiger partial charge in [0.25, 0.3) is 0 Å². The molecule has 5 nitrogen and oxygen atoms in total. The number of thiocarbonyl (C=S) groups is 1. The van der Waals surface area contributed by atoms with Crippen LogP contribution in [0.15, 0.2) is 64.3 Å². The van der Waals surface area contributed by atoms with Crippen molar-refractivity contribution in [1.29, 1.82) is 0 Å². The molecule has 3 rings (SSSR count). The van der Waals surface area contributed by atoms with Crippen LogP contribution in [0.5, 0.6) is 5.75 Å². The van der Waals surface area contributed by atoms with E-state index in [0.717, 1.165) is 27.2 Å². The zero-order valence-corrected chi connectivity index (χ0v) is 17.6. The van der Waals surface area contributed by atoms with E-state index in [1.807, 2.05) is 60.4 Å². The molecule has 1 N–H and O–H groups in total. The van der Waals surface area contributed by atoms with Crippen LogP contribution in [0, 0.1) is 0 Å². The first-order valence-corrected chi connectivity index (χ1v) is 9.45. The number of rotatable bonds is 4. The Morgan fingerprint density at radius 2 is 1.74 bits per heavy atom. The molecule has 1 aliphatic rings. The molecule has 0 amide bonds. The normalized spacial score (nSPS) is 16.8. The van der Waals surface area contributed by atoms with Gasteiger partial charge in [0.15, 0.2) is 5.11 Å². The van der Waals surface area contributed by atoms with Crippen LogP contribution in [0.3, 0.4) is 0 Å². The molecule has 0 radical (unpaired) electrons. The summed E-state index contributed by atoms with van der Waals surface area (Å²) in [5, 5.41) is 3.79. The number of hydrogen-bond donors (Lipinski definition) is 1. The molecule has 1 heterocycles. The molecule has 2 aromatic rings. The summed E-state index contributed by atoms with van der Waals surface area (Å²) in [5.74, 6) is 0.353. The van der Waals surface area contributed by atoms with Gasteiger partial charge in [0.2, 0.25) is 0 Å². The number of benzene rings is 2. The van der Waals surface area contributed by atoms with Crippen molar-refractivity contribution in [3.05, 3.63) is 69.8 Å². The van der Waals surface area contributed by atoms with E-state index in [1.165, 1.54) is 7.11 Å². The number of allylic oxidation sites excluding steroid dienone is 1. The molecule has 0 saturated carbocycles. The second kappa shape index (κ2) is 8.10. The number of nitrogens with zero attached hydrogens (tertiary/aromatic N) is 1. The summed E-state index contributed by atoms with van der Waals surface area (Å²) in [6.45, 7) is 1.87. The number of carbonyl (C=O) groups excluding carboxylic acids is 1. The number of hydrogen-bond acceptors (Lipinski definition) is 4. The first-order valence-electron chi connectivity index (χ1n) is 8.25. The molecule has 1 unspecified atom stereocenters. The van der Waals surface area contributed by atoms with E-state index in [2.05, 4.69) is 21.2 Å². The summed E-state index contributed by atoms with van der Waals surface area (Å²) >= 11 is 9.05. The maximum absolute atomic E-state index is 12.6. The number of nitrogens with one attached hydrogen (secondary N) is 1. The molecule has 1 atom stereocenters. The van der Waals surface area contributed by atoms with Crippen molar-refractivity contribution in [3.8, 4) is 5.75 Å². The molecule has 0 saturated heterocycles. The standard InChI is InChI=1S/C20H19BrN2O3S/c1-12-17(19(24)26-3)18(13-4-6-14(21)7-5-13)22-20(27)23(12)15-8-10-16(25-2)11-9-15/h4-11,18H,1-3H3,(H,22,27). The SMILES string of the molecule is COC(=O)C1=C(C)N(c2ccc(OC)cc2)C(=S)NC1c1ccc(Br)cc1. The van der Waals surface area contributed by atoms with Crippen LogP contribution in [-0.2, 0) is 9.53 Å². The molecule has 0 spiro atoms. The molecule has 140 valence electrons. The zero-order valence-electron chi connectivity index (χ0n) is 15.2. The van der Waals surface area contributed by atoms with Gasteiger partial charge in [0.05, 0.1) is 25.8 Å². The van der Waals surface area contributed by atoms with Crippen LogP contribution in [-0.4, -0.2) is 25.3 Å². The number of carbonyl (C=O) groups is 1. The third kappa shape index (κ3) is 3.84. The number of anilines is 1. The van der Waals surface area contributed by atoms with Crippen LogP contribution in [0.1, 0.15) is 18.5 Å². The highest BCUT2D eigenvalue weighted by atomic mass is 79.9. The van der Waals surface area contributed by atoms with Crippen molar-refractivity contribution in [2.75, 3.05) is 19.1 Å². The van der Waals surface area contributed by atoms with E-state index in [4.69, 9.17) is 21.7 Å². The quantitative estimate of drug-likeness (QED) is 0.556. The van der Waals surface area contributed by atoms with Crippen molar-refractivity contribution < 1.29 is 14.3 Å². The largest absolute Gasteiger partial charge is 0.497 e. The van der Waals surface area contributed by atoms with E-state index in [9.17, 15) is 4.79 Å². The Morgan fingerprint density at radius 3 is 2.30 bits per heavy atom. The molecular weight excluding hydrogens is 428 g/mol. The van der Waals surface area contributed by atoms with Gasteiger partial charge in [0, 0.05) is 15.9 Å². The lowest BCUT2D eigenvalue weighted by atomic mass is 9.95. The van der Waals surface area contributed by atoms with E-state index >= 15 is 0 Å². The zero-order chi connectivity index (χ0) is 19.6. The molecule has 1 aliphatic heterocycles. The molecule has 27 heavy (non-hydrogen) atoms. The Labute approximate surface area is 172 Å². The first-order chi connectivity index (χ1) is 13.0. The van der Waals surface area contributed by atoms with Crippen molar-refractivity contribution in [2.45, 2.75) is 13.0 Å². The summed E-state index contributed by atoms with van der Waals surface area (Å²) < 4.78 is 11.2. The highest BCUT2D eigenvalue weighted by Gasteiger charge is 2.35. The Balaban J connectivity index is 2.09. The average Bonchev–Trinajstić information content (AvgIpc) is 2.68. The molecular formula is C20H19BrN2O3S. The van der Waals surface area contributed by atoms with Gasteiger partial charge in [-0.1, -0.05) is 28.1 Å². The highest BCUT2D eigenvalue weighted by Crippen LogP contribution is 2.35. The fourth-order valence-electron chi connectivity index (χ4n) is 3.06. The van der Waals surface area contributed by atoms with Gasteiger partial charge >= 0.3 is 5.97 Å². The number of methoxy groups -OCH3 is 2. The minimum Gasteiger partial charge on any atom is -0.497 e. The fourth-order valence-corrected chi connectivity index (χ4v) is 3.69. The maximum Gasteiger partial charge on any atom is 0.337 e. The average molecular weight is 447 g/mol. The highest BCUT2D eigenvalue weighted by molar-refractivity contribution is 9.10. The van der Waals surface area contributed by atoms with Gasteiger partial charge in [0.1, 0.15) is 5.75 Å². The van der Waals surface area contributed by atoms with E-state index in [-0.39, 0.29) is 6.04 Å². The lowest BCUT2D eigenvalue weighted by molar-refractivity contribution is -0.136. The van der Waals surface area contributed by atoms with Crippen molar-refractivity contribution >= 4 is 44.9 Å². The van der Waals surface area contributed by atoms with Crippen LogP contribution in [0.4, 0.5) is 5.69 Å². The Hall–Kier alpha value is -2.38. The molecule has 0 fully saturated rings. The fraction of sp³-hybridized carbons (Fsp3) is 0.200. The predicted molar refractivity (Wildman–Crippen MR) is 113 cm³/mol. The summed E-state index contributed by atoms with van der Waals surface area (Å²) in [6.07, 6.45) is 0. The summed E-state index contributed by atoms with van der Waals surface area (Å²) in [7, 11) is 3.00. The molecule has 7 heteroatoms. The second-order valence-electron chi connectivity index (χ2n) is 5.96. The Kier molecular flexibility index (Phi) is 5.82. The van der Waals surface area contributed by atoms with Crippen LogP contribution < -0.4 is 15.0 Å². The summed E-state index contributed by atoms with van der Waals surface area (Å²) in [6, 6.07) is 14.9. The van der Waals surface area contributed by atoms with E-state index in [0.29, 0.717) is 10.7 Å². The van der Waals surface area contributed by atoms with E-state index in [1.54, 1.807) is 7.11 Å². The minimum absolute atomic E-state index is 0.382. The van der Waals surface area contributed by atoms with Gasteiger partial charge < -0.3 is 14.8 Å². The van der Waals surface area contributed by atoms with Crippen LogP contribution >= 0.6 is 28.1 Å². The Morgan fingerprint density at radius 1 is 1.11 bits per heavy atom. The van der Waals surface area contributed by atoms with Gasteiger partial charge in [-0.15, -0.1) is 0 Å². The minimum atomic E-state index is -0.395. The molecule has 0 aromatic heterocycles. The van der Waals surface area contributed by atoms with Gasteiger partial charge in [-0.3, -0.25) is 4.90 Å². The molecule has 0 aliphatic carbocycles. The van der Waals surface area contributed by atoms with Gasteiger partial charge in [-0.2, -0.15) is 0 Å². The third-order valence-corrected chi connectivity index (χ3v) is 5.25. The van der Waals surface area contributed by atoms with Gasteiger partial charge in [-0.25, -0.2) is 4.79 Å². The second-order valence-corrected chi connectivity index (χ2v) is 7.26. The lowest BCUT2D eigenvalue weighted by Gasteiger charge is -2.37. The van der Waals surface area contributed by atoms with E-state index < -0.39 is 5.97 Å². The van der Waals surface area contributed by atoms with Crippen LogP contribution in [0.2, 0.25) is 0 Å². The van der Waals surface area contributed by atoms with Crippen molar-refractivity contribution in [2.24, 2.45) is 0 Å².